The number of hydrogen-bond acceptors (Lipinski definition) is 3. The molecule has 0 fully saturated rings. The summed E-state index contributed by atoms with van der Waals surface area (Å²) in [6.07, 6.45) is 5.32. The van der Waals surface area contributed by atoms with E-state index in [2.05, 4.69) is 5.32 Å². The highest BCUT2D eigenvalue weighted by molar-refractivity contribution is 7.14. The number of rotatable bonds is 4. The molecule has 0 bridgehead atoms. The summed E-state index contributed by atoms with van der Waals surface area (Å²) in [6.45, 7) is -0.333. The van der Waals surface area contributed by atoms with E-state index in [0.717, 1.165) is 37.8 Å². The number of hydrogen-bond donors (Lipinski definition) is 1. The van der Waals surface area contributed by atoms with Crippen LogP contribution in [0.3, 0.4) is 0 Å². The van der Waals surface area contributed by atoms with Crippen molar-refractivity contribution in [1.82, 2.24) is 4.90 Å². The Morgan fingerprint density at radius 1 is 1.11 bits per heavy atom. The van der Waals surface area contributed by atoms with E-state index in [-0.39, 0.29) is 12.5 Å². The number of benzene rings is 1. The molecule has 3 rings (SSSR count). The number of likely N-dealkylation sites (N-methyl/N-ethyl adjacent to an activating group) is 1. The lowest BCUT2D eigenvalue weighted by molar-refractivity contribution is -0.116. The van der Waals surface area contributed by atoms with Gasteiger partial charge in [-0.25, -0.2) is 13.2 Å². The van der Waals surface area contributed by atoms with Gasteiger partial charge in [-0.2, -0.15) is 0 Å². The summed E-state index contributed by atoms with van der Waals surface area (Å²) < 4.78 is 39.8. The van der Waals surface area contributed by atoms with Crippen LogP contribution in [0, 0.1) is 17.5 Å². The van der Waals surface area contributed by atoms with Gasteiger partial charge in [0.25, 0.3) is 5.91 Å². The molecule has 4 nitrogen and oxygen atoms in total. The maximum Gasteiger partial charge on any atom is 0.264 e. The quantitative estimate of drug-likeness (QED) is 0.624. The van der Waals surface area contributed by atoms with Crippen LogP contribution >= 0.6 is 11.3 Å². The van der Waals surface area contributed by atoms with Crippen LogP contribution in [0.1, 0.15) is 39.4 Å². The van der Waals surface area contributed by atoms with E-state index in [0.29, 0.717) is 4.88 Å². The van der Waals surface area contributed by atoms with Crippen LogP contribution in [0.2, 0.25) is 0 Å². The molecular weight excluding hydrogens is 377 g/mol. The standard InChI is InChI=1S/C19H19F3N2O2S/c1-24(10-16(25)23-13-8-7-12(20)17(21)18(13)22)19(26)15-9-11-5-3-2-4-6-14(11)27-15/h7-9H,2-6,10H2,1H3,(H,23,25). The molecule has 0 aliphatic heterocycles. The molecule has 2 amide bonds. The second kappa shape index (κ2) is 8.12. The van der Waals surface area contributed by atoms with E-state index in [4.69, 9.17) is 0 Å². The molecule has 27 heavy (non-hydrogen) atoms. The Balaban J connectivity index is 1.64. The molecule has 0 radical (unpaired) electrons. The molecule has 0 spiro atoms. The highest BCUT2D eigenvalue weighted by Gasteiger charge is 2.21. The third-order valence-corrected chi connectivity index (χ3v) is 5.72. The summed E-state index contributed by atoms with van der Waals surface area (Å²) in [5.74, 6) is -5.46. The lowest BCUT2D eigenvalue weighted by Gasteiger charge is -2.16. The zero-order valence-electron chi connectivity index (χ0n) is 14.8. The average molecular weight is 396 g/mol. The third-order valence-electron chi connectivity index (χ3n) is 4.49. The van der Waals surface area contributed by atoms with Gasteiger partial charge >= 0.3 is 0 Å². The van der Waals surface area contributed by atoms with Crippen molar-refractivity contribution in [3.63, 3.8) is 0 Å². The minimum atomic E-state index is -1.66. The second-order valence-electron chi connectivity index (χ2n) is 6.55. The smallest absolute Gasteiger partial charge is 0.264 e. The van der Waals surface area contributed by atoms with Crippen LogP contribution in [0.5, 0.6) is 0 Å². The predicted octanol–water partition coefficient (Wildman–Crippen LogP) is 4.15. The Morgan fingerprint density at radius 3 is 2.63 bits per heavy atom. The van der Waals surface area contributed by atoms with Crippen molar-refractivity contribution in [2.45, 2.75) is 32.1 Å². The molecule has 0 saturated carbocycles. The zero-order chi connectivity index (χ0) is 19.6. The summed E-state index contributed by atoms with van der Waals surface area (Å²) in [4.78, 5) is 27.6. The van der Waals surface area contributed by atoms with Gasteiger partial charge in [-0.15, -0.1) is 11.3 Å². The van der Waals surface area contributed by atoms with E-state index < -0.39 is 29.0 Å². The average Bonchev–Trinajstić information content (AvgIpc) is 2.92. The molecule has 1 aromatic heterocycles. The van der Waals surface area contributed by atoms with Gasteiger partial charge in [-0.1, -0.05) is 6.42 Å². The zero-order valence-corrected chi connectivity index (χ0v) is 15.6. The highest BCUT2D eigenvalue weighted by atomic mass is 32.1. The number of nitrogens with zero attached hydrogens (tertiary/aromatic N) is 1. The normalized spacial score (nSPS) is 13.6. The van der Waals surface area contributed by atoms with E-state index in [1.165, 1.54) is 40.1 Å². The number of amides is 2. The van der Waals surface area contributed by atoms with Crippen molar-refractivity contribution in [3.05, 3.63) is 51.0 Å². The number of anilines is 1. The van der Waals surface area contributed by atoms with Gasteiger partial charge in [0.2, 0.25) is 5.91 Å². The summed E-state index contributed by atoms with van der Waals surface area (Å²) in [6, 6.07) is 3.54. The van der Waals surface area contributed by atoms with Crippen LogP contribution in [-0.4, -0.2) is 30.3 Å². The molecule has 1 heterocycles. The van der Waals surface area contributed by atoms with Crippen molar-refractivity contribution < 1.29 is 22.8 Å². The molecule has 8 heteroatoms. The van der Waals surface area contributed by atoms with Gasteiger partial charge in [0.15, 0.2) is 17.5 Å². The van der Waals surface area contributed by atoms with Crippen LogP contribution in [0.15, 0.2) is 18.2 Å². The molecule has 0 unspecified atom stereocenters. The number of halogens is 3. The first-order valence-corrected chi connectivity index (χ1v) is 9.49. The van der Waals surface area contributed by atoms with E-state index >= 15 is 0 Å². The molecule has 2 aromatic rings. The minimum absolute atomic E-state index is 0.297. The number of fused-ring (bicyclic) bond motifs is 1. The van der Waals surface area contributed by atoms with Gasteiger partial charge in [0, 0.05) is 11.9 Å². The van der Waals surface area contributed by atoms with Gasteiger partial charge in [0.1, 0.15) is 0 Å². The topological polar surface area (TPSA) is 49.4 Å². The lowest BCUT2D eigenvalue weighted by Crippen LogP contribution is -2.34. The number of nitrogens with one attached hydrogen (secondary N) is 1. The van der Waals surface area contributed by atoms with Crippen molar-refractivity contribution in [3.8, 4) is 0 Å². The van der Waals surface area contributed by atoms with Gasteiger partial charge in [-0.05, 0) is 49.4 Å². The summed E-state index contributed by atoms with van der Waals surface area (Å²) in [7, 11) is 1.47. The van der Waals surface area contributed by atoms with Crippen molar-refractivity contribution in [1.29, 1.82) is 0 Å². The second-order valence-corrected chi connectivity index (χ2v) is 7.69. The first-order chi connectivity index (χ1) is 12.9. The fourth-order valence-electron chi connectivity index (χ4n) is 3.06. The van der Waals surface area contributed by atoms with Crippen molar-refractivity contribution in [2.24, 2.45) is 0 Å². The number of thiophene rings is 1. The lowest BCUT2D eigenvalue weighted by atomic mass is 10.1. The largest absolute Gasteiger partial charge is 0.332 e. The predicted molar refractivity (Wildman–Crippen MR) is 97.5 cm³/mol. The minimum Gasteiger partial charge on any atom is -0.332 e. The summed E-state index contributed by atoms with van der Waals surface area (Å²) in [5.41, 5.74) is 0.727. The Labute approximate surface area is 159 Å². The summed E-state index contributed by atoms with van der Waals surface area (Å²) in [5, 5.41) is 2.16. The van der Waals surface area contributed by atoms with Crippen LogP contribution in [0.25, 0.3) is 0 Å². The Hall–Kier alpha value is -2.35. The van der Waals surface area contributed by atoms with Crippen molar-refractivity contribution in [2.75, 3.05) is 18.9 Å². The Morgan fingerprint density at radius 2 is 1.85 bits per heavy atom. The van der Waals surface area contributed by atoms with Crippen molar-refractivity contribution >= 4 is 28.8 Å². The highest BCUT2D eigenvalue weighted by Crippen LogP contribution is 2.29. The summed E-state index contributed by atoms with van der Waals surface area (Å²) >= 11 is 1.45. The van der Waals surface area contributed by atoms with E-state index in [9.17, 15) is 22.8 Å². The molecule has 1 aliphatic rings. The van der Waals surface area contributed by atoms with Crippen LogP contribution in [0.4, 0.5) is 18.9 Å². The van der Waals surface area contributed by atoms with E-state index in [1.807, 2.05) is 6.07 Å². The Bertz CT molecular complexity index is 859. The fourth-order valence-corrected chi connectivity index (χ4v) is 4.31. The van der Waals surface area contributed by atoms with Gasteiger partial charge in [0.05, 0.1) is 17.1 Å². The third kappa shape index (κ3) is 4.32. The van der Waals surface area contributed by atoms with E-state index in [1.54, 1.807) is 0 Å². The fraction of sp³-hybridized carbons (Fsp3) is 0.368. The monoisotopic (exact) mass is 396 g/mol. The van der Waals surface area contributed by atoms with Gasteiger partial charge < -0.3 is 10.2 Å². The Kier molecular flexibility index (Phi) is 5.84. The molecule has 0 saturated heterocycles. The number of carbonyl (C=O) groups excluding carboxylic acids is 2. The first kappa shape index (κ1) is 19.4. The van der Waals surface area contributed by atoms with Crippen LogP contribution < -0.4 is 5.32 Å². The molecule has 1 aliphatic carbocycles. The molecule has 1 aromatic carbocycles. The maximum atomic E-state index is 13.6. The molecule has 1 N–H and O–H groups in total. The molecule has 144 valence electrons. The molecular formula is C19H19F3N2O2S. The van der Waals surface area contributed by atoms with Crippen LogP contribution in [-0.2, 0) is 17.6 Å². The first-order valence-electron chi connectivity index (χ1n) is 8.67. The maximum absolute atomic E-state index is 13.6. The van der Waals surface area contributed by atoms with Gasteiger partial charge in [-0.3, -0.25) is 9.59 Å². The number of aryl methyl sites for hydroxylation is 2. The number of carbonyl (C=O) groups is 2. The SMILES string of the molecule is CN(CC(=O)Nc1ccc(F)c(F)c1F)C(=O)c1cc2c(s1)CCCCC2. The molecule has 0 atom stereocenters.